The van der Waals surface area contributed by atoms with Crippen LogP contribution in [0.5, 0.6) is 5.75 Å². The van der Waals surface area contributed by atoms with Crippen molar-refractivity contribution in [1.29, 1.82) is 0 Å². The van der Waals surface area contributed by atoms with Gasteiger partial charge in [0.2, 0.25) is 0 Å². The van der Waals surface area contributed by atoms with E-state index < -0.39 is 0 Å². The summed E-state index contributed by atoms with van der Waals surface area (Å²) in [5.74, 6) is 1.59. The Morgan fingerprint density at radius 1 is 0.929 bits per heavy atom. The Morgan fingerprint density at radius 3 is 2.36 bits per heavy atom. The van der Waals surface area contributed by atoms with Gasteiger partial charge < -0.3 is 10.1 Å². The molecule has 0 aliphatic carbocycles. The van der Waals surface area contributed by atoms with Gasteiger partial charge in [-0.1, -0.05) is 55.1 Å². The van der Waals surface area contributed by atoms with E-state index >= 15 is 0 Å². The van der Waals surface area contributed by atoms with Crippen LogP contribution in [0.1, 0.15) is 5.56 Å². The van der Waals surface area contributed by atoms with Crippen LogP contribution in [0.15, 0.2) is 91.5 Å². The monoisotopic (exact) mass is 367 g/mol. The number of hydrogen-bond donors (Lipinski definition) is 1. The Bertz CT molecular complexity index is 1080. The molecule has 0 amide bonds. The Hall–Kier alpha value is -3.79. The summed E-state index contributed by atoms with van der Waals surface area (Å²) in [6, 6.07) is 28.1. The first kappa shape index (κ1) is 17.6. The summed E-state index contributed by atoms with van der Waals surface area (Å²) in [5, 5.41) is 8.19. The Labute approximate surface area is 164 Å². The summed E-state index contributed by atoms with van der Waals surface area (Å²) in [4.78, 5) is 0. The lowest BCUT2D eigenvalue weighted by Crippen LogP contribution is -2.00. The third-order valence-corrected chi connectivity index (χ3v) is 4.53. The van der Waals surface area contributed by atoms with Gasteiger partial charge in [-0.05, 0) is 42.0 Å². The van der Waals surface area contributed by atoms with Crippen molar-refractivity contribution in [3.8, 4) is 22.7 Å². The second-order valence-electron chi connectivity index (χ2n) is 6.31. The highest BCUT2D eigenvalue weighted by Gasteiger charge is 2.14. The molecule has 4 heteroatoms. The van der Waals surface area contributed by atoms with E-state index in [1.165, 1.54) is 0 Å². The smallest absolute Gasteiger partial charge is 0.153 e. The maximum Gasteiger partial charge on any atom is 0.153 e. The van der Waals surface area contributed by atoms with Crippen LogP contribution in [0.3, 0.4) is 0 Å². The molecule has 1 aromatic heterocycles. The summed E-state index contributed by atoms with van der Waals surface area (Å²) in [6.07, 6.45) is 1.87. The van der Waals surface area contributed by atoms with Gasteiger partial charge in [0, 0.05) is 17.3 Å². The van der Waals surface area contributed by atoms with Crippen molar-refractivity contribution in [3.63, 3.8) is 0 Å². The van der Waals surface area contributed by atoms with Crippen molar-refractivity contribution < 1.29 is 4.74 Å². The molecule has 0 fully saturated rings. The van der Waals surface area contributed by atoms with Gasteiger partial charge in [-0.25, -0.2) is 4.68 Å². The molecule has 138 valence electrons. The minimum Gasteiger partial charge on any atom is -0.497 e. The van der Waals surface area contributed by atoms with Crippen LogP contribution in [0.25, 0.3) is 23.0 Å². The molecule has 0 aliphatic rings. The predicted octanol–water partition coefficient (Wildman–Crippen LogP) is 5.93. The first-order valence-corrected chi connectivity index (χ1v) is 9.07. The zero-order valence-electron chi connectivity index (χ0n) is 15.7. The van der Waals surface area contributed by atoms with Crippen molar-refractivity contribution in [2.45, 2.75) is 0 Å². The molecule has 0 unspecified atom stereocenters. The van der Waals surface area contributed by atoms with Crippen molar-refractivity contribution >= 4 is 17.6 Å². The summed E-state index contributed by atoms with van der Waals surface area (Å²) >= 11 is 0. The number of para-hydroxylation sites is 1. The predicted molar refractivity (Wildman–Crippen MR) is 115 cm³/mol. The van der Waals surface area contributed by atoms with E-state index in [0.29, 0.717) is 0 Å². The molecule has 1 heterocycles. The van der Waals surface area contributed by atoms with Crippen LogP contribution in [0.4, 0.5) is 11.5 Å². The molecule has 0 saturated carbocycles. The lowest BCUT2D eigenvalue weighted by Gasteiger charge is -2.09. The lowest BCUT2D eigenvalue weighted by molar-refractivity contribution is 0.415. The van der Waals surface area contributed by atoms with Gasteiger partial charge >= 0.3 is 0 Å². The largest absolute Gasteiger partial charge is 0.497 e. The quantitative estimate of drug-likeness (QED) is 0.459. The molecule has 28 heavy (non-hydrogen) atoms. The van der Waals surface area contributed by atoms with Gasteiger partial charge in [0.05, 0.1) is 18.5 Å². The molecule has 0 saturated heterocycles. The average molecular weight is 367 g/mol. The zero-order chi connectivity index (χ0) is 19.3. The van der Waals surface area contributed by atoms with Crippen molar-refractivity contribution in [2.75, 3.05) is 12.4 Å². The number of nitrogens with zero attached hydrogens (tertiary/aromatic N) is 2. The molecule has 4 rings (SSSR count). The molecule has 0 radical (unpaired) electrons. The van der Waals surface area contributed by atoms with E-state index in [9.17, 15) is 0 Å². The standard InChI is InChI=1S/C24H21N3O/c1-3-18-9-7-8-12-22(18)23-17-24(25-19-13-15-21(28-2)16-14-19)26-27(23)20-10-5-4-6-11-20/h3-17H,1H2,2H3,(H,25,26). The summed E-state index contributed by atoms with van der Waals surface area (Å²) in [5.41, 5.74) is 5.09. The summed E-state index contributed by atoms with van der Waals surface area (Å²) in [7, 11) is 1.66. The summed E-state index contributed by atoms with van der Waals surface area (Å²) < 4.78 is 7.18. The van der Waals surface area contributed by atoms with Crippen LogP contribution in [0.2, 0.25) is 0 Å². The Kier molecular flexibility index (Phi) is 4.93. The van der Waals surface area contributed by atoms with Crippen LogP contribution in [0, 0.1) is 0 Å². The molecule has 0 bridgehead atoms. The number of nitrogens with one attached hydrogen (secondary N) is 1. The van der Waals surface area contributed by atoms with E-state index in [2.05, 4.69) is 30.1 Å². The molecule has 4 nitrogen and oxygen atoms in total. The van der Waals surface area contributed by atoms with Crippen molar-refractivity contribution in [2.24, 2.45) is 0 Å². The third kappa shape index (κ3) is 3.53. The van der Waals surface area contributed by atoms with Gasteiger partial charge in [-0.15, -0.1) is 5.10 Å². The first-order valence-electron chi connectivity index (χ1n) is 9.07. The maximum absolute atomic E-state index is 5.23. The van der Waals surface area contributed by atoms with E-state index in [4.69, 9.17) is 9.84 Å². The molecule has 1 N–H and O–H groups in total. The van der Waals surface area contributed by atoms with E-state index in [-0.39, 0.29) is 0 Å². The number of aromatic nitrogens is 2. The maximum atomic E-state index is 5.23. The van der Waals surface area contributed by atoms with Gasteiger partial charge in [0.1, 0.15) is 5.75 Å². The number of benzene rings is 3. The molecule has 4 aromatic rings. The first-order chi connectivity index (χ1) is 13.8. The number of anilines is 2. The van der Waals surface area contributed by atoms with Gasteiger partial charge in [0.15, 0.2) is 5.82 Å². The average Bonchev–Trinajstić information content (AvgIpc) is 3.18. The highest BCUT2D eigenvalue weighted by molar-refractivity contribution is 5.76. The molecule has 0 aliphatic heterocycles. The topological polar surface area (TPSA) is 39.1 Å². The highest BCUT2D eigenvalue weighted by Crippen LogP contribution is 2.30. The van der Waals surface area contributed by atoms with E-state index in [1.807, 2.05) is 77.5 Å². The van der Waals surface area contributed by atoms with Crippen LogP contribution >= 0.6 is 0 Å². The normalized spacial score (nSPS) is 10.5. The van der Waals surface area contributed by atoms with Crippen LogP contribution in [-0.2, 0) is 0 Å². The van der Waals surface area contributed by atoms with Crippen LogP contribution in [-0.4, -0.2) is 16.9 Å². The van der Waals surface area contributed by atoms with Gasteiger partial charge in [-0.3, -0.25) is 0 Å². The molecule has 0 spiro atoms. The Balaban J connectivity index is 1.79. The fourth-order valence-electron chi connectivity index (χ4n) is 3.13. The van der Waals surface area contributed by atoms with Crippen molar-refractivity contribution in [3.05, 3.63) is 97.1 Å². The van der Waals surface area contributed by atoms with E-state index in [0.717, 1.165) is 39.8 Å². The molecular formula is C24H21N3O. The van der Waals surface area contributed by atoms with Crippen LogP contribution < -0.4 is 10.1 Å². The lowest BCUT2D eigenvalue weighted by atomic mass is 10.0. The van der Waals surface area contributed by atoms with Gasteiger partial charge in [0.25, 0.3) is 0 Å². The SMILES string of the molecule is C=Cc1ccccc1-c1cc(Nc2ccc(OC)cc2)nn1-c1ccccc1. The minimum absolute atomic E-state index is 0.767. The Morgan fingerprint density at radius 2 is 1.64 bits per heavy atom. The third-order valence-electron chi connectivity index (χ3n) is 4.53. The van der Waals surface area contributed by atoms with Crippen molar-refractivity contribution in [1.82, 2.24) is 9.78 Å². The van der Waals surface area contributed by atoms with Gasteiger partial charge in [-0.2, -0.15) is 0 Å². The fraction of sp³-hybridized carbons (Fsp3) is 0.0417. The highest BCUT2D eigenvalue weighted by atomic mass is 16.5. The molecule has 0 atom stereocenters. The molecular weight excluding hydrogens is 346 g/mol. The summed E-state index contributed by atoms with van der Waals surface area (Å²) in [6.45, 7) is 3.95. The second-order valence-corrected chi connectivity index (χ2v) is 6.31. The minimum atomic E-state index is 0.767. The fourth-order valence-corrected chi connectivity index (χ4v) is 3.13. The van der Waals surface area contributed by atoms with E-state index in [1.54, 1.807) is 7.11 Å². The second kappa shape index (κ2) is 7.84. The number of methoxy groups -OCH3 is 1. The molecule has 3 aromatic carbocycles. The number of ether oxygens (including phenoxy) is 1. The number of hydrogen-bond acceptors (Lipinski definition) is 3. The zero-order valence-corrected chi connectivity index (χ0v) is 15.7. The number of rotatable bonds is 6.